The molecule has 0 spiro atoms. The minimum absolute atomic E-state index is 0.194. The maximum atomic E-state index is 9.86. The van der Waals surface area contributed by atoms with E-state index in [1.807, 2.05) is 18.2 Å². The summed E-state index contributed by atoms with van der Waals surface area (Å²) < 4.78 is 0. The highest BCUT2D eigenvalue weighted by molar-refractivity contribution is 6.32. The van der Waals surface area contributed by atoms with Crippen molar-refractivity contribution in [1.29, 1.82) is 0 Å². The molecule has 0 bridgehead atoms. The smallest absolute Gasteiger partial charge is 0.170 e. The van der Waals surface area contributed by atoms with E-state index in [0.29, 0.717) is 0 Å². The van der Waals surface area contributed by atoms with Crippen LogP contribution in [-0.2, 0) is 5.04 Å². The van der Waals surface area contributed by atoms with Crippen LogP contribution in [0.5, 0.6) is 0 Å². The molecule has 0 saturated carbocycles. The normalized spacial score (nSPS) is 15.2. The second kappa shape index (κ2) is 4.86. The summed E-state index contributed by atoms with van der Waals surface area (Å²) in [4.78, 5) is 9.86. The van der Waals surface area contributed by atoms with Gasteiger partial charge in [0.05, 0.1) is 0 Å². The summed E-state index contributed by atoms with van der Waals surface area (Å²) in [5, 5.41) is 2.27. The highest BCUT2D eigenvalue weighted by Crippen LogP contribution is 2.33. The second-order valence-electron chi connectivity index (χ2n) is 4.40. The van der Waals surface area contributed by atoms with Crippen LogP contribution >= 0.6 is 0 Å². The van der Waals surface area contributed by atoms with Crippen LogP contribution in [0, 0.1) is 0 Å². The fourth-order valence-corrected chi connectivity index (χ4v) is 3.20. The summed E-state index contributed by atoms with van der Waals surface area (Å²) >= 11 is 0. The third-order valence-corrected chi connectivity index (χ3v) is 5.36. The number of allylic oxidation sites excluding steroid dienone is 1. The lowest BCUT2D eigenvalue weighted by molar-refractivity contribution is 0.541. The van der Waals surface area contributed by atoms with E-state index >= 15 is 0 Å². The SMILES string of the molecule is C=CC(CC)([SiH2]O)c1cccc2ccccc12. The topological polar surface area (TPSA) is 20.2 Å². The molecule has 0 fully saturated rings. The first-order valence-electron chi connectivity index (χ1n) is 6.00. The first-order chi connectivity index (χ1) is 8.27. The van der Waals surface area contributed by atoms with Gasteiger partial charge in [-0.1, -0.05) is 55.5 Å². The summed E-state index contributed by atoms with van der Waals surface area (Å²) in [7, 11) is -1.18. The molecule has 0 heterocycles. The zero-order valence-electron chi connectivity index (χ0n) is 10.2. The highest BCUT2D eigenvalue weighted by atomic mass is 28.2. The molecule has 88 valence electrons. The van der Waals surface area contributed by atoms with Crippen LogP contribution < -0.4 is 0 Å². The van der Waals surface area contributed by atoms with Crippen molar-refractivity contribution in [2.24, 2.45) is 0 Å². The van der Waals surface area contributed by atoms with Gasteiger partial charge in [-0.25, -0.2) is 0 Å². The predicted octanol–water partition coefficient (Wildman–Crippen LogP) is 2.71. The van der Waals surface area contributed by atoms with Crippen molar-refractivity contribution in [1.82, 2.24) is 0 Å². The number of fused-ring (bicyclic) bond motifs is 1. The molecule has 17 heavy (non-hydrogen) atoms. The van der Waals surface area contributed by atoms with Crippen LogP contribution in [0.3, 0.4) is 0 Å². The Labute approximate surface area is 105 Å². The zero-order valence-corrected chi connectivity index (χ0v) is 11.6. The quantitative estimate of drug-likeness (QED) is 0.645. The van der Waals surface area contributed by atoms with E-state index in [-0.39, 0.29) is 5.04 Å². The third kappa shape index (κ3) is 1.94. The Morgan fingerprint density at radius 3 is 2.59 bits per heavy atom. The minimum atomic E-state index is -1.18. The van der Waals surface area contributed by atoms with E-state index in [1.165, 1.54) is 16.3 Å². The van der Waals surface area contributed by atoms with Crippen molar-refractivity contribution in [2.45, 2.75) is 18.4 Å². The van der Waals surface area contributed by atoms with E-state index in [0.717, 1.165) is 6.42 Å². The van der Waals surface area contributed by atoms with Gasteiger partial charge in [-0.05, 0) is 22.8 Å². The van der Waals surface area contributed by atoms with Gasteiger partial charge in [-0.3, -0.25) is 0 Å². The summed E-state index contributed by atoms with van der Waals surface area (Å²) in [6.07, 6.45) is 2.84. The predicted molar refractivity (Wildman–Crippen MR) is 76.9 cm³/mol. The van der Waals surface area contributed by atoms with Crippen LogP contribution in [0.15, 0.2) is 55.1 Å². The van der Waals surface area contributed by atoms with Gasteiger partial charge in [0.25, 0.3) is 0 Å². The second-order valence-corrected chi connectivity index (χ2v) is 5.98. The van der Waals surface area contributed by atoms with Gasteiger partial charge >= 0.3 is 0 Å². The lowest BCUT2D eigenvalue weighted by Gasteiger charge is -2.28. The van der Waals surface area contributed by atoms with Crippen molar-refractivity contribution < 1.29 is 4.80 Å². The maximum Gasteiger partial charge on any atom is 0.170 e. The number of hydrogen-bond acceptors (Lipinski definition) is 1. The molecule has 2 aromatic rings. The van der Waals surface area contributed by atoms with Crippen LogP contribution in [0.1, 0.15) is 18.9 Å². The lowest BCUT2D eigenvalue weighted by atomic mass is 9.90. The van der Waals surface area contributed by atoms with Crippen molar-refractivity contribution in [3.63, 3.8) is 0 Å². The van der Waals surface area contributed by atoms with Gasteiger partial charge in [-0.15, -0.1) is 6.58 Å². The molecular weight excluding hydrogens is 224 g/mol. The fraction of sp³-hybridized carbons (Fsp3) is 0.200. The van der Waals surface area contributed by atoms with Gasteiger partial charge < -0.3 is 4.80 Å². The van der Waals surface area contributed by atoms with E-state index < -0.39 is 9.76 Å². The Morgan fingerprint density at radius 1 is 1.24 bits per heavy atom. The molecule has 1 unspecified atom stereocenters. The van der Waals surface area contributed by atoms with E-state index in [9.17, 15) is 4.80 Å². The molecule has 0 aliphatic rings. The maximum absolute atomic E-state index is 9.86. The summed E-state index contributed by atoms with van der Waals surface area (Å²) in [5.74, 6) is 0. The number of hydrogen-bond donors (Lipinski definition) is 1. The van der Waals surface area contributed by atoms with E-state index in [4.69, 9.17) is 0 Å². The standard InChI is InChI=1S/C15H18OSi/c1-3-15(4-2,17-16)14-11-7-9-12-8-5-6-10-13(12)14/h3,5-11,16H,1,4,17H2,2H3. The Bertz CT molecular complexity index is 524. The molecule has 2 rings (SSSR count). The molecule has 0 radical (unpaired) electrons. The van der Waals surface area contributed by atoms with Gasteiger partial charge in [0.15, 0.2) is 9.76 Å². The largest absolute Gasteiger partial charge is 0.437 e. The molecule has 0 aliphatic carbocycles. The number of benzene rings is 2. The first-order valence-corrected chi connectivity index (χ1v) is 7.34. The van der Waals surface area contributed by atoms with Gasteiger partial charge in [0.2, 0.25) is 0 Å². The first kappa shape index (κ1) is 12.1. The molecule has 0 aliphatic heterocycles. The van der Waals surface area contributed by atoms with Crippen LogP contribution in [0.2, 0.25) is 0 Å². The third-order valence-electron chi connectivity index (χ3n) is 3.63. The minimum Gasteiger partial charge on any atom is -0.437 e. The van der Waals surface area contributed by atoms with Gasteiger partial charge in [-0.2, -0.15) is 0 Å². The van der Waals surface area contributed by atoms with E-state index in [1.54, 1.807) is 0 Å². The van der Waals surface area contributed by atoms with Crippen molar-refractivity contribution in [2.75, 3.05) is 0 Å². The van der Waals surface area contributed by atoms with Crippen molar-refractivity contribution >= 4 is 20.5 Å². The van der Waals surface area contributed by atoms with Crippen LogP contribution in [0.4, 0.5) is 0 Å². The number of rotatable bonds is 4. The average molecular weight is 242 g/mol. The Hall–Kier alpha value is -1.38. The molecule has 0 amide bonds. The molecule has 1 nitrogen and oxygen atoms in total. The molecule has 1 atom stereocenters. The Kier molecular flexibility index (Phi) is 3.45. The van der Waals surface area contributed by atoms with E-state index in [2.05, 4.69) is 43.8 Å². The summed E-state index contributed by atoms with van der Waals surface area (Å²) in [6.45, 7) is 6.05. The fourth-order valence-electron chi connectivity index (χ4n) is 2.37. The zero-order chi connectivity index (χ0) is 12.3. The van der Waals surface area contributed by atoms with Crippen molar-refractivity contribution in [3.05, 3.63) is 60.7 Å². The Balaban J connectivity index is 2.73. The lowest BCUT2D eigenvalue weighted by Crippen LogP contribution is -2.30. The average Bonchev–Trinajstić information content (AvgIpc) is 2.41. The molecule has 2 aromatic carbocycles. The molecule has 2 heteroatoms. The monoisotopic (exact) mass is 242 g/mol. The Morgan fingerprint density at radius 2 is 1.94 bits per heavy atom. The molecular formula is C15H18OSi. The highest BCUT2D eigenvalue weighted by Gasteiger charge is 2.28. The summed E-state index contributed by atoms with van der Waals surface area (Å²) in [6, 6.07) is 14.6. The van der Waals surface area contributed by atoms with Crippen molar-refractivity contribution in [3.8, 4) is 0 Å². The van der Waals surface area contributed by atoms with Crippen LogP contribution in [0.25, 0.3) is 10.8 Å². The van der Waals surface area contributed by atoms with Crippen LogP contribution in [-0.4, -0.2) is 14.6 Å². The summed E-state index contributed by atoms with van der Waals surface area (Å²) in [5.41, 5.74) is 1.22. The molecule has 1 N–H and O–H groups in total. The van der Waals surface area contributed by atoms with Gasteiger partial charge in [0, 0.05) is 5.04 Å². The molecule has 0 saturated heterocycles. The van der Waals surface area contributed by atoms with Gasteiger partial charge in [0.1, 0.15) is 0 Å². The molecule has 0 aromatic heterocycles.